The molecule has 0 bridgehead atoms. The van der Waals surface area contributed by atoms with Crippen LogP contribution >= 0.6 is 11.3 Å². The number of carbonyl (C=O) groups excluding carboxylic acids is 1. The first kappa shape index (κ1) is 16.7. The summed E-state index contributed by atoms with van der Waals surface area (Å²) in [4.78, 5) is 13.3. The SMILES string of the molecule is CCCCOCCCNC(=O)c1ccc(C#CCO)s1. The van der Waals surface area contributed by atoms with E-state index in [1.54, 1.807) is 12.1 Å². The molecule has 20 heavy (non-hydrogen) atoms. The highest BCUT2D eigenvalue weighted by atomic mass is 32.1. The lowest BCUT2D eigenvalue weighted by molar-refractivity contribution is 0.0944. The number of rotatable bonds is 8. The molecule has 0 aliphatic rings. The van der Waals surface area contributed by atoms with Crippen molar-refractivity contribution in [1.82, 2.24) is 5.32 Å². The van der Waals surface area contributed by atoms with Crippen LogP contribution in [-0.4, -0.2) is 37.4 Å². The van der Waals surface area contributed by atoms with Gasteiger partial charge in [0.2, 0.25) is 0 Å². The summed E-state index contributed by atoms with van der Waals surface area (Å²) in [7, 11) is 0. The summed E-state index contributed by atoms with van der Waals surface area (Å²) in [6.45, 7) is 4.04. The summed E-state index contributed by atoms with van der Waals surface area (Å²) in [5, 5.41) is 11.5. The number of amides is 1. The van der Waals surface area contributed by atoms with Crippen molar-refractivity contribution >= 4 is 17.2 Å². The van der Waals surface area contributed by atoms with Crippen LogP contribution in [0.15, 0.2) is 12.1 Å². The molecule has 2 N–H and O–H groups in total. The van der Waals surface area contributed by atoms with Gasteiger partial charge in [0.15, 0.2) is 0 Å². The molecule has 1 rings (SSSR count). The summed E-state index contributed by atoms with van der Waals surface area (Å²) in [5.41, 5.74) is 0. The lowest BCUT2D eigenvalue weighted by Crippen LogP contribution is -2.24. The lowest BCUT2D eigenvalue weighted by Gasteiger charge is -2.04. The first-order valence-corrected chi connectivity index (χ1v) is 7.65. The van der Waals surface area contributed by atoms with Crippen LogP contribution < -0.4 is 5.32 Å². The molecular weight excluding hydrogens is 274 g/mol. The van der Waals surface area contributed by atoms with E-state index in [2.05, 4.69) is 24.1 Å². The fourth-order valence-corrected chi connectivity index (χ4v) is 2.26. The average Bonchev–Trinajstić information content (AvgIpc) is 2.93. The van der Waals surface area contributed by atoms with Crippen molar-refractivity contribution in [1.29, 1.82) is 0 Å². The third-order valence-electron chi connectivity index (χ3n) is 2.51. The van der Waals surface area contributed by atoms with Gasteiger partial charge in [0.25, 0.3) is 5.91 Å². The van der Waals surface area contributed by atoms with Crippen LogP contribution in [0.1, 0.15) is 40.7 Å². The van der Waals surface area contributed by atoms with Gasteiger partial charge in [0.05, 0.1) is 9.75 Å². The van der Waals surface area contributed by atoms with E-state index < -0.39 is 0 Å². The maximum Gasteiger partial charge on any atom is 0.261 e. The van der Waals surface area contributed by atoms with E-state index in [0.717, 1.165) is 30.7 Å². The molecule has 0 radical (unpaired) electrons. The van der Waals surface area contributed by atoms with Crippen molar-refractivity contribution < 1.29 is 14.6 Å². The predicted octanol–water partition coefficient (Wildman–Crippen LogP) is 2.03. The summed E-state index contributed by atoms with van der Waals surface area (Å²) in [6, 6.07) is 3.54. The van der Waals surface area contributed by atoms with E-state index in [0.29, 0.717) is 18.0 Å². The molecule has 1 heterocycles. The number of carbonyl (C=O) groups is 1. The third kappa shape index (κ3) is 6.71. The Bertz CT molecular complexity index is 459. The molecule has 5 heteroatoms. The number of nitrogens with one attached hydrogen (secondary N) is 1. The van der Waals surface area contributed by atoms with Crippen LogP contribution in [0.25, 0.3) is 0 Å². The van der Waals surface area contributed by atoms with Crippen LogP contribution in [0.2, 0.25) is 0 Å². The number of hydrogen-bond donors (Lipinski definition) is 2. The smallest absolute Gasteiger partial charge is 0.261 e. The molecule has 1 aromatic rings. The van der Waals surface area contributed by atoms with Crippen molar-refractivity contribution in [2.75, 3.05) is 26.4 Å². The zero-order valence-electron chi connectivity index (χ0n) is 11.8. The molecule has 0 saturated carbocycles. The molecule has 0 aliphatic heterocycles. The molecule has 0 unspecified atom stereocenters. The normalized spacial score (nSPS) is 9.90. The molecule has 1 aromatic heterocycles. The van der Waals surface area contributed by atoms with Gasteiger partial charge < -0.3 is 15.2 Å². The minimum absolute atomic E-state index is 0.0828. The Labute approximate surface area is 124 Å². The maximum atomic E-state index is 11.8. The topological polar surface area (TPSA) is 58.6 Å². The van der Waals surface area contributed by atoms with Crippen LogP contribution in [0.5, 0.6) is 0 Å². The van der Waals surface area contributed by atoms with Gasteiger partial charge in [0.1, 0.15) is 6.61 Å². The van der Waals surface area contributed by atoms with Gasteiger partial charge in [-0.25, -0.2) is 0 Å². The van der Waals surface area contributed by atoms with Gasteiger partial charge in [-0.2, -0.15) is 0 Å². The molecular formula is C15H21NO3S. The highest BCUT2D eigenvalue weighted by molar-refractivity contribution is 7.14. The van der Waals surface area contributed by atoms with Crippen LogP contribution in [-0.2, 0) is 4.74 Å². The van der Waals surface area contributed by atoms with Gasteiger partial charge in [0, 0.05) is 19.8 Å². The third-order valence-corrected chi connectivity index (χ3v) is 3.51. The average molecular weight is 295 g/mol. The second-order valence-electron chi connectivity index (χ2n) is 4.20. The minimum Gasteiger partial charge on any atom is -0.384 e. The standard InChI is InChI=1S/C15H21NO3S/c1-2-3-11-19-12-5-9-16-15(18)14-8-7-13(20-14)6-4-10-17/h7-8,17H,2-3,5,9-12H2,1H3,(H,16,18). The molecule has 1 amide bonds. The summed E-state index contributed by atoms with van der Waals surface area (Å²) in [5.74, 6) is 5.26. The second-order valence-corrected chi connectivity index (χ2v) is 5.28. The van der Waals surface area contributed by atoms with Gasteiger partial charge in [-0.1, -0.05) is 25.2 Å². The number of ether oxygens (including phenoxy) is 1. The molecule has 110 valence electrons. The number of aliphatic hydroxyl groups is 1. The van der Waals surface area contributed by atoms with Crippen molar-refractivity contribution in [3.8, 4) is 11.8 Å². The van der Waals surface area contributed by atoms with Crippen molar-refractivity contribution in [3.05, 3.63) is 21.9 Å². The fourth-order valence-electron chi connectivity index (χ4n) is 1.47. The van der Waals surface area contributed by atoms with E-state index in [-0.39, 0.29) is 12.5 Å². The van der Waals surface area contributed by atoms with E-state index in [4.69, 9.17) is 9.84 Å². The first-order chi connectivity index (χ1) is 9.77. The molecule has 0 saturated heterocycles. The Balaban J connectivity index is 2.20. The van der Waals surface area contributed by atoms with E-state index >= 15 is 0 Å². The summed E-state index contributed by atoms with van der Waals surface area (Å²) < 4.78 is 5.42. The Morgan fingerprint density at radius 3 is 2.95 bits per heavy atom. The van der Waals surface area contributed by atoms with E-state index in [1.165, 1.54) is 11.3 Å². The molecule has 0 aromatic carbocycles. The fraction of sp³-hybridized carbons (Fsp3) is 0.533. The Kier molecular flexibility index (Phi) is 8.72. The highest BCUT2D eigenvalue weighted by Crippen LogP contribution is 2.15. The molecule has 0 aliphatic carbocycles. The number of unbranched alkanes of at least 4 members (excludes halogenated alkanes) is 1. The zero-order valence-corrected chi connectivity index (χ0v) is 12.6. The molecule has 4 nitrogen and oxygen atoms in total. The van der Waals surface area contributed by atoms with Crippen molar-refractivity contribution in [2.45, 2.75) is 26.2 Å². The van der Waals surface area contributed by atoms with E-state index in [1.807, 2.05) is 0 Å². The summed E-state index contributed by atoms with van der Waals surface area (Å²) >= 11 is 1.33. The number of thiophene rings is 1. The lowest BCUT2D eigenvalue weighted by atomic mass is 10.3. The number of hydrogen-bond acceptors (Lipinski definition) is 4. The zero-order chi connectivity index (χ0) is 14.6. The highest BCUT2D eigenvalue weighted by Gasteiger charge is 2.07. The maximum absolute atomic E-state index is 11.8. The predicted molar refractivity (Wildman–Crippen MR) is 81.0 cm³/mol. The van der Waals surface area contributed by atoms with Crippen LogP contribution in [0, 0.1) is 11.8 Å². The Hall–Kier alpha value is -1.35. The minimum atomic E-state index is -0.169. The second kappa shape index (κ2) is 10.4. The van der Waals surface area contributed by atoms with E-state index in [9.17, 15) is 4.79 Å². The largest absolute Gasteiger partial charge is 0.384 e. The molecule has 0 spiro atoms. The quantitative estimate of drug-likeness (QED) is 0.570. The van der Waals surface area contributed by atoms with Crippen molar-refractivity contribution in [2.24, 2.45) is 0 Å². The number of aliphatic hydroxyl groups excluding tert-OH is 1. The molecule has 0 fully saturated rings. The Morgan fingerprint density at radius 2 is 2.20 bits per heavy atom. The van der Waals surface area contributed by atoms with Gasteiger partial charge in [-0.3, -0.25) is 4.79 Å². The van der Waals surface area contributed by atoms with Crippen molar-refractivity contribution in [3.63, 3.8) is 0 Å². The van der Waals surface area contributed by atoms with Gasteiger partial charge in [-0.05, 0) is 25.0 Å². The van der Waals surface area contributed by atoms with Gasteiger partial charge in [-0.15, -0.1) is 11.3 Å². The first-order valence-electron chi connectivity index (χ1n) is 6.83. The van der Waals surface area contributed by atoms with Crippen LogP contribution in [0.4, 0.5) is 0 Å². The molecule has 0 atom stereocenters. The van der Waals surface area contributed by atoms with Gasteiger partial charge >= 0.3 is 0 Å². The summed E-state index contributed by atoms with van der Waals surface area (Å²) in [6.07, 6.45) is 3.04. The monoisotopic (exact) mass is 295 g/mol. The Morgan fingerprint density at radius 1 is 1.40 bits per heavy atom. The van der Waals surface area contributed by atoms with Crippen LogP contribution in [0.3, 0.4) is 0 Å².